The molecule has 1 atom stereocenters. The Bertz CT molecular complexity index is 431. The van der Waals surface area contributed by atoms with Crippen LogP contribution in [0.1, 0.15) is 23.2 Å². The second-order valence-corrected chi connectivity index (χ2v) is 5.06. The highest BCUT2D eigenvalue weighted by molar-refractivity contribution is 9.09. The zero-order valence-electron chi connectivity index (χ0n) is 8.09. The van der Waals surface area contributed by atoms with Crippen LogP contribution in [0.2, 0.25) is 0 Å². The van der Waals surface area contributed by atoms with Gasteiger partial charge < -0.3 is 0 Å². The van der Waals surface area contributed by atoms with Gasteiger partial charge in [0.2, 0.25) is 0 Å². The first-order valence-corrected chi connectivity index (χ1v) is 6.27. The molecule has 0 radical (unpaired) electrons. The van der Waals surface area contributed by atoms with Crippen molar-refractivity contribution in [2.45, 2.75) is 18.2 Å². The molecule has 0 N–H and O–H groups in total. The second kappa shape index (κ2) is 4.76. The average molecular weight is 285 g/mol. The maximum Gasteiger partial charge on any atom is 0.150 e. The fraction of sp³-hybridized carbons (Fsp3) is 0.333. The fourth-order valence-corrected chi connectivity index (χ4v) is 2.31. The number of hydrogen-bond acceptors (Lipinski definition) is 5. The Morgan fingerprint density at radius 1 is 1.33 bits per heavy atom. The molecular formula is C9H9BrN4S. The smallest absolute Gasteiger partial charge is 0.150 e. The first-order chi connectivity index (χ1) is 7.31. The second-order valence-electron chi connectivity index (χ2n) is 2.95. The van der Waals surface area contributed by atoms with E-state index in [0.717, 1.165) is 22.0 Å². The number of hydrogen-bond donors (Lipinski definition) is 0. The molecule has 15 heavy (non-hydrogen) atoms. The van der Waals surface area contributed by atoms with Gasteiger partial charge in [0.15, 0.2) is 5.01 Å². The van der Waals surface area contributed by atoms with E-state index in [1.807, 2.05) is 0 Å². The lowest BCUT2D eigenvalue weighted by molar-refractivity contribution is 0.870. The minimum Gasteiger partial charge on any atom is -0.244 e. The van der Waals surface area contributed by atoms with Crippen LogP contribution in [0, 0.1) is 0 Å². The van der Waals surface area contributed by atoms with Crippen molar-refractivity contribution in [3.8, 4) is 10.6 Å². The first-order valence-electron chi connectivity index (χ1n) is 4.54. The maximum atomic E-state index is 4.13. The third kappa shape index (κ3) is 2.38. The molecule has 0 aliphatic rings. The van der Waals surface area contributed by atoms with E-state index in [4.69, 9.17) is 0 Å². The summed E-state index contributed by atoms with van der Waals surface area (Å²) in [7, 11) is 0. The van der Waals surface area contributed by atoms with Crippen molar-refractivity contribution in [3.63, 3.8) is 0 Å². The molecule has 2 rings (SSSR count). The molecule has 0 spiro atoms. The molecule has 0 aromatic carbocycles. The van der Waals surface area contributed by atoms with Crippen molar-refractivity contribution in [1.82, 2.24) is 20.2 Å². The third-order valence-corrected chi connectivity index (χ3v) is 4.34. The van der Waals surface area contributed by atoms with E-state index in [1.165, 1.54) is 6.33 Å². The predicted molar refractivity (Wildman–Crippen MR) is 62.9 cm³/mol. The first kappa shape index (κ1) is 10.6. The largest absolute Gasteiger partial charge is 0.244 e. The Morgan fingerprint density at radius 3 is 2.73 bits per heavy atom. The van der Waals surface area contributed by atoms with E-state index in [9.17, 15) is 0 Å². The van der Waals surface area contributed by atoms with Gasteiger partial charge in [-0.1, -0.05) is 34.2 Å². The molecular weight excluding hydrogens is 276 g/mol. The lowest BCUT2D eigenvalue weighted by Crippen LogP contribution is -1.85. The Morgan fingerprint density at radius 2 is 2.07 bits per heavy atom. The molecule has 1 unspecified atom stereocenters. The highest BCUT2D eigenvalue weighted by Crippen LogP contribution is 2.31. The number of rotatable bonds is 3. The summed E-state index contributed by atoms with van der Waals surface area (Å²) in [6.45, 7) is 2.10. The lowest BCUT2D eigenvalue weighted by Gasteiger charge is -1.97. The van der Waals surface area contributed by atoms with Gasteiger partial charge in [-0.2, -0.15) is 0 Å². The molecule has 0 amide bonds. The minimum absolute atomic E-state index is 0.286. The average Bonchev–Trinajstić information content (AvgIpc) is 2.78. The van der Waals surface area contributed by atoms with Crippen molar-refractivity contribution in [2.24, 2.45) is 0 Å². The van der Waals surface area contributed by atoms with Gasteiger partial charge in [0, 0.05) is 18.0 Å². The summed E-state index contributed by atoms with van der Waals surface area (Å²) >= 11 is 5.12. The number of aromatic nitrogens is 4. The van der Waals surface area contributed by atoms with Crippen molar-refractivity contribution >= 4 is 27.3 Å². The summed E-state index contributed by atoms with van der Waals surface area (Å²) in [4.78, 5) is 8.19. The quantitative estimate of drug-likeness (QED) is 0.814. The van der Waals surface area contributed by atoms with Crippen LogP contribution in [0.5, 0.6) is 0 Å². The maximum absolute atomic E-state index is 4.13. The van der Waals surface area contributed by atoms with Crippen molar-refractivity contribution in [1.29, 1.82) is 0 Å². The summed E-state index contributed by atoms with van der Waals surface area (Å²) in [5, 5.41) is 10.1. The number of alkyl halides is 1. The third-order valence-electron chi connectivity index (χ3n) is 1.87. The molecule has 6 heteroatoms. The molecule has 2 heterocycles. The van der Waals surface area contributed by atoms with Gasteiger partial charge in [-0.3, -0.25) is 0 Å². The molecule has 0 fully saturated rings. The van der Waals surface area contributed by atoms with Gasteiger partial charge in [0.25, 0.3) is 0 Å². The van der Waals surface area contributed by atoms with E-state index in [-0.39, 0.29) is 4.83 Å². The zero-order chi connectivity index (χ0) is 10.7. The highest BCUT2D eigenvalue weighted by atomic mass is 79.9. The molecule has 0 saturated heterocycles. The van der Waals surface area contributed by atoms with Crippen LogP contribution < -0.4 is 0 Å². The Labute approximate surface area is 99.9 Å². The minimum atomic E-state index is 0.286. The Kier molecular flexibility index (Phi) is 3.37. The van der Waals surface area contributed by atoms with Crippen LogP contribution in [0.25, 0.3) is 10.6 Å². The topological polar surface area (TPSA) is 51.6 Å². The standard InChI is InChI=1S/C9H9BrN4S/c1-2-7(10)9-14-13-8(15-9)6-3-11-5-12-4-6/h3-5,7H,2H2,1H3. The summed E-state index contributed by atoms with van der Waals surface area (Å²) in [6, 6.07) is 0. The Hall–Kier alpha value is -0.880. The highest BCUT2D eigenvalue weighted by Gasteiger charge is 2.12. The van der Waals surface area contributed by atoms with Crippen LogP contribution in [0.4, 0.5) is 0 Å². The van der Waals surface area contributed by atoms with E-state index < -0.39 is 0 Å². The molecule has 4 nitrogen and oxygen atoms in total. The predicted octanol–water partition coefficient (Wildman–Crippen LogP) is 2.84. The van der Waals surface area contributed by atoms with Gasteiger partial charge in [-0.15, -0.1) is 10.2 Å². The summed E-state index contributed by atoms with van der Waals surface area (Å²) in [5.41, 5.74) is 0.914. The molecule has 78 valence electrons. The number of halogens is 1. The van der Waals surface area contributed by atoms with Crippen molar-refractivity contribution < 1.29 is 0 Å². The molecule has 0 aliphatic carbocycles. The van der Waals surface area contributed by atoms with Gasteiger partial charge in [-0.05, 0) is 6.42 Å². The Balaban J connectivity index is 2.28. The van der Waals surface area contributed by atoms with Crippen LogP contribution in [-0.4, -0.2) is 20.2 Å². The van der Waals surface area contributed by atoms with Gasteiger partial charge in [-0.25, -0.2) is 9.97 Å². The monoisotopic (exact) mass is 284 g/mol. The molecule has 2 aromatic heterocycles. The van der Waals surface area contributed by atoms with Gasteiger partial charge >= 0.3 is 0 Å². The number of nitrogens with zero attached hydrogens (tertiary/aromatic N) is 4. The van der Waals surface area contributed by atoms with Crippen LogP contribution >= 0.6 is 27.3 Å². The summed E-state index contributed by atoms with van der Waals surface area (Å²) in [6.07, 6.45) is 5.99. The van der Waals surface area contributed by atoms with E-state index in [0.29, 0.717) is 0 Å². The van der Waals surface area contributed by atoms with Crippen molar-refractivity contribution in [3.05, 3.63) is 23.7 Å². The summed E-state index contributed by atoms with van der Waals surface area (Å²) < 4.78 is 0. The van der Waals surface area contributed by atoms with Crippen LogP contribution in [0.3, 0.4) is 0 Å². The van der Waals surface area contributed by atoms with Gasteiger partial charge in [0.05, 0.1) is 4.83 Å². The van der Waals surface area contributed by atoms with E-state index in [2.05, 4.69) is 43.0 Å². The van der Waals surface area contributed by atoms with Crippen molar-refractivity contribution in [2.75, 3.05) is 0 Å². The van der Waals surface area contributed by atoms with Gasteiger partial charge in [0.1, 0.15) is 11.3 Å². The molecule has 0 bridgehead atoms. The van der Waals surface area contributed by atoms with E-state index >= 15 is 0 Å². The SMILES string of the molecule is CCC(Br)c1nnc(-c2cncnc2)s1. The lowest BCUT2D eigenvalue weighted by atomic mass is 10.4. The van der Waals surface area contributed by atoms with Crippen LogP contribution in [-0.2, 0) is 0 Å². The van der Waals surface area contributed by atoms with E-state index in [1.54, 1.807) is 23.7 Å². The molecule has 2 aromatic rings. The fourth-order valence-electron chi connectivity index (χ4n) is 1.06. The summed E-state index contributed by atoms with van der Waals surface area (Å²) in [5.74, 6) is 0. The van der Waals surface area contributed by atoms with Crippen LogP contribution in [0.15, 0.2) is 18.7 Å². The zero-order valence-corrected chi connectivity index (χ0v) is 10.5. The normalized spacial score (nSPS) is 12.7. The molecule has 0 saturated carbocycles. The molecule has 0 aliphatic heterocycles.